The van der Waals surface area contributed by atoms with Crippen LogP contribution in [0, 0.1) is 26.7 Å². The molecule has 180 valence electrons. The lowest BCUT2D eigenvalue weighted by molar-refractivity contribution is 0.108. The van der Waals surface area contributed by atoms with Crippen LogP contribution in [-0.2, 0) is 11.2 Å². The van der Waals surface area contributed by atoms with E-state index in [1.165, 1.54) is 0 Å². The number of rotatable bonds is 9. The third kappa shape index (κ3) is 5.58. The van der Waals surface area contributed by atoms with Gasteiger partial charge >= 0.3 is 0 Å². The van der Waals surface area contributed by atoms with Gasteiger partial charge in [-0.15, -0.1) is 0 Å². The topological polar surface area (TPSA) is 102 Å². The van der Waals surface area contributed by atoms with E-state index in [1.807, 2.05) is 38.1 Å². The molecule has 1 aromatic carbocycles. The van der Waals surface area contributed by atoms with Gasteiger partial charge in [0, 0.05) is 36.6 Å². The Morgan fingerprint density at radius 1 is 1.18 bits per heavy atom. The monoisotopic (exact) mass is 463 g/mol. The maximum Gasteiger partial charge on any atom is 0.160 e. The molecule has 3 heterocycles. The second kappa shape index (κ2) is 11.0. The quantitative estimate of drug-likeness (QED) is 0.499. The van der Waals surface area contributed by atoms with Crippen molar-refractivity contribution in [2.24, 2.45) is 5.92 Å². The summed E-state index contributed by atoms with van der Waals surface area (Å²) in [5.74, 6) is 1.75. The fraction of sp³-hybridized carbons (Fsp3) is 0.462. The molecule has 3 aromatic rings. The molecule has 4 rings (SSSR count). The Kier molecular flexibility index (Phi) is 7.82. The molecule has 1 aliphatic rings. The summed E-state index contributed by atoms with van der Waals surface area (Å²) in [5.41, 5.74) is 6.54. The third-order valence-electron chi connectivity index (χ3n) is 6.19. The van der Waals surface area contributed by atoms with Gasteiger partial charge in [0.25, 0.3) is 0 Å². The van der Waals surface area contributed by atoms with E-state index in [2.05, 4.69) is 22.2 Å². The van der Waals surface area contributed by atoms with Gasteiger partial charge in [0.05, 0.1) is 17.1 Å². The number of aromatic nitrogens is 4. The summed E-state index contributed by atoms with van der Waals surface area (Å²) in [6.07, 6.45) is 2.89. The van der Waals surface area contributed by atoms with Gasteiger partial charge in [-0.1, -0.05) is 12.1 Å². The first kappa shape index (κ1) is 24.2. The van der Waals surface area contributed by atoms with E-state index in [4.69, 9.17) is 19.4 Å². The van der Waals surface area contributed by atoms with E-state index in [0.717, 1.165) is 65.5 Å². The minimum Gasteiger partial charge on any atom is -0.491 e. The Hall–Kier alpha value is -2.94. The largest absolute Gasteiger partial charge is 0.491 e. The van der Waals surface area contributed by atoms with Crippen molar-refractivity contribution in [3.05, 3.63) is 53.2 Å². The first-order valence-electron chi connectivity index (χ1n) is 11.8. The van der Waals surface area contributed by atoms with E-state index < -0.39 is 6.10 Å². The van der Waals surface area contributed by atoms with Crippen molar-refractivity contribution in [1.29, 1.82) is 0 Å². The minimum absolute atomic E-state index is 0.205. The standard InChI is InChI=1S/C26H33N5O3/c1-16-23(10-19-8-9-33-13-19)30-26(31-25(16)24-17(2)28-15-29-18(24)3)20-6-5-7-22(11-20)34-14-21(32)12-27-4/h5-7,11,15,19,21,27,32H,8-10,12-14H2,1-4H3/t19-,21?/m0/s1. The van der Waals surface area contributed by atoms with Gasteiger partial charge < -0.3 is 19.9 Å². The summed E-state index contributed by atoms with van der Waals surface area (Å²) in [6.45, 7) is 8.30. The summed E-state index contributed by atoms with van der Waals surface area (Å²) in [4.78, 5) is 18.8. The van der Waals surface area contributed by atoms with Crippen molar-refractivity contribution < 1.29 is 14.6 Å². The van der Waals surface area contributed by atoms with Crippen LogP contribution in [0.5, 0.6) is 5.75 Å². The Balaban J connectivity index is 1.74. The van der Waals surface area contributed by atoms with Crippen molar-refractivity contribution in [1.82, 2.24) is 25.3 Å². The zero-order valence-corrected chi connectivity index (χ0v) is 20.3. The van der Waals surface area contributed by atoms with E-state index in [9.17, 15) is 5.11 Å². The predicted octanol–water partition coefficient (Wildman–Crippen LogP) is 3.06. The summed E-state index contributed by atoms with van der Waals surface area (Å²) in [5, 5.41) is 12.9. The van der Waals surface area contributed by atoms with Gasteiger partial charge in [0.15, 0.2) is 5.82 Å². The van der Waals surface area contributed by atoms with E-state index in [-0.39, 0.29) is 6.61 Å². The Labute approximate surface area is 200 Å². The van der Waals surface area contributed by atoms with Gasteiger partial charge in [-0.2, -0.15) is 0 Å². The molecule has 0 saturated carbocycles. The van der Waals surface area contributed by atoms with Crippen LogP contribution in [-0.4, -0.2) is 64.6 Å². The molecule has 1 unspecified atom stereocenters. The van der Waals surface area contributed by atoms with Crippen LogP contribution in [0.15, 0.2) is 30.6 Å². The van der Waals surface area contributed by atoms with Crippen LogP contribution in [0.3, 0.4) is 0 Å². The third-order valence-corrected chi connectivity index (χ3v) is 6.19. The zero-order valence-electron chi connectivity index (χ0n) is 20.3. The van der Waals surface area contributed by atoms with Crippen LogP contribution in [0.2, 0.25) is 0 Å². The predicted molar refractivity (Wildman–Crippen MR) is 131 cm³/mol. The highest BCUT2D eigenvalue weighted by molar-refractivity contribution is 5.71. The summed E-state index contributed by atoms with van der Waals surface area (Å²) < 4.78 is 11.4. The maximum absolute atomic E-state index is 9.98. The number of ether oxygens (including phenoxy) is 2. The molecule has 8 heteroatoms. The fourth-order valence-electron chi connectivity index (χ4n) is 4.30. The number of aryl methyl sites for hydroxylation is 2. The van der Waals surface area contributed by atoms with Crippen molar-refractivity contribution in [2.45, 2.75) is 39.7 Å². The zero-order chi connectivity index (χ0) is 24.1. The van der Waals surface area contributed by atoms with Gasteiger partial charge in [-0.05, 0) is 64.3 Å². The normalized spacial score (nSPS) is 16.6. The molecule has 0 bridgehead atoms. The molecule has 0 aliphatic carbocycles. The fourth-order valence-corrected chi connectivity index (χ4v) is 4.30. The number of nitrogens with zero attached hydrogens (tertiary/aromatic N) is 4. The number of aliphatic hydroxyl groups excluding tert-OH is 1. The Morgan fingerprint density at radius 3 is 2.68 bits per heavy atom. The average molecular weight is 464 g/mol. The molecule has 2 atom stereocenters. The number of aliphatic hydroxyl groups is 1. The lowest BCUT2D eigenvalue weighted by atomic mass is 9.96. The second-order valence-electron chi connectivity index (χ2n) is 8.87. The molecule has 1 aliphatic heterocycles. The summed E-state index contributed by atoms with van der Waals surface area (Å²) in [7, 11) is 1.80. The smallest absolute Gasteiger partial charge is 0.160 e. The molecular formula is C26H33N5O3. The average Bonchev–Trinajstić information content (AvgIpc) is 3.33. The van der Waals surface area contributed by atoms with Gasteiger partial charge in [0.1, 0.15) is 24.8 Å². The van der Waals surface area contributed by atoms with Crippen molar-refractivity contribution in [3.63, 3.8) is 0 Å². The molecule has 0 radical (unpaired) electrons. The van der Waals surface area contributed by atoms with Crippen molar-refractivity contribution in [3.8, 4) is 28.4 Å². The Bertz CT molecular complexity index is 1110. The molecule has 8 nitrogen and oxygen atoms in total. The van der Waals surface area contributed by atoms with Crippen molar-refractivity contribution in [2.75, 3.05) is 33.4 Å². The lowest BCUT2D eigenvalue weighted by Crippen LogP contribution is -2.29. The first-order chi connectivity index (χ1) is 16.5. The highest BCUT2D eigenvalue weighted by atomic mass is 16.5. The van der Waals surface area contributed by atoms with E-state index in [0.29, 0.717) is 24.0 Å². The van der Waals surface area contributed by atoms with Crippen LogP contribution in [0.1, 0.15) is 29.1 Å². The number of benzene rings is 1. The summed E-state index contributed by atoms with van der Waals surface area (Å²) >= 11 is 0. The SMILES string of the molecule is CNCC(O)COc1cccc(-c2nc(C[C@@H]3CCOC3)c(C)c(-c3c(C)ncnc3C)n2)c1. The molecule has 1 fully saturated rings. The number of hydrogen-bond donors (Lipinski definition) is 2. The van der Waals surface area contributed by atoms with Gasteiger partial charge in [-0.25, -0.2) is 19.9 Å². The van der Waals surface area contributed by atoms with Crippen LogP contribution >= 0.6 is 0 Å². The molecular weight excluding hydrogens is 430 g/mol. The second-order valence-corrected chi connectivity index (χ2v) is 8.87. The molecule has 0 amide bonds. The number of nitrogens with one attached hydrogen (secondary N) is 1. The molecule has 0 spiro atoms. The van der Waals surface area contributed by atoms with E-state index in [1.54, 1.807) is 13.4 Å². The number of hydrogen-bond acceptors (Lipinski definition) is 8. The number of likely N-dealkylation sites (N-methyl/N-ethyl adjacent to an activating group) is 1. The lowest BCUT2D eigenvalue weighted by Gasteiger charge is -2.17. The molecule has 2 N–H and O–H groups in total. The van der Waals surface area contributed by atoms with Crippen LogP contribution < -0.4 is 10.1 Å². The summed E-state index contributed by atoms with van der Waals surface area (Å²) in [6, 6.07) is 7.70. The van der Waals surface area contributed by atoms with Crippen molar-refractivity contribution >= 4 is 0 Å². The first-order valence-corrected chi connectivity index (χ1v) is 11.8. The highest BCUT2D eigenvalue weighted by Crippen LogP contribution is 2.32. The van der Waals surface area contributed by atoms with Crippen LogP contribution in [0.25, 0.3) is 22.6 Å². The van der Waals surface area contributed by atoms with Gasteiger partial charge in [-0.3, -0.25) is 0 Å². The van der Waals surface area contributed by atoms with Gasteiger partial charge in [0.2, 0.25) is 0 Å². The highest BCUT2D eigenvalue weighted by Gasteiger charge is 2.22. The van der Waals surface area contributed by atoms with Crippen LogP contribution in [0.4, 0.5) is 0 Å². The Morgan fingerprint density at radius 2 is 1.97 bits per heavy atom. The van der Waals surface area contributed by atoms with E-state index >= 15 is 0 Å². The molecule has 34 heavy (non-hydrogen) atoms. The maximum atomic E-state index is 9.98. The minimum atomic E-state index is -0.583. The molecule has 2 aromatic heterocycles. The molecule has 1 saturated heterocycles.